The van der Waals surface area contributed by atoms with Gasteiger partial charge in [0.15, 0.2) is 18.1 Å². The molecule has 0 spiro atoms. The van der Waals surface area contributed by atoms with Crippen molar-refractivity contribution < 1.29 is 8.85 Å². The predicted octanol–water partition coefficient (Wildman–Crippen LogP) is 3.33. The van der Waals surface area contributed by atoms with Crippen molar-refractivity contribution >= 4 is 18.1 Å². The molecule has 4 heteroatoms. The Labute approximate surface area is 105 Å². The SMILES string of the molecule is CCCO[SiH](C)CC[SiH](CC)OC(C)(C)C. The molecule has 98 valence electrons. The van der Waals surface area contributed by atoms with Gasteiger partial charge in [-0.25, -0.2) is 0 Å². The van der Waals surface area contributed by atoms with E-state index >= 15 is 0 Å². The molecule has 0 fully saturated rings. The Morgan fingerprint density at radius 1 is 1.06 bits per heavy atom. The summed E-state index contributed by atoms with van der Waals surface area (Å²) in [6.07, 6.45) is 1.14. The van der Waals surface area contributed by atoms with E-state index in [0.717, 1.165) is 13.0 Å². The van der Waals surface area contributed by atoms with Gasteiger partial charge in [-0.05, 0) is 51.9 Å². The van der Waals surface area contributed by atoms with E-state index in [2.05, 4.69) is 41.2 Å². The standard InChI is InChI=1S/C12H30O2Si2/c1-7-9-13-15(6)10-11-16(8-2)14-12(3,4)5/h15-16H,7-11H2,1-6H3. The lowest BCUT2D eigenvalue weighted by atomic mass is 10.2. The second-order valence-electron chi connectivity index (χ2n) is 5.52. The summed E-state index contributed by atoms with van der Waals surface area (Å²) < 4.78 is 12.0. The molecule has 0 aromatic rings. The van der Waals surface area contributed by atoms with Crippen LogP contribution >= 0.6 is 0 Å². The zero-order valence-corrected chi connectivity index (χ0v) is 14.3. The molecule has 0 aliphatic heterocycles. The number of rotatable bonds is 8. The van der Waals surface area contributed by atoms with Crippen molar-refractivity contribution in [2.24, 2.45) is 0 Å². The zero-order chi connectivity index (χ0) is 12.6. The summed E-state index contributed by atoms with van der Waals surface area (Å²) in [7, 11) is -1.88. The van der Waals surface area contributed by atoms with E-state index in [0.29, 0.717) is 0 Å². The quantitative estimate of drug-likeness (QED) is 0.625. The lowest BCUT2D eigenvalue weighted by Gasteiger charge is -2.27. The minimum atomic E-state index is -0.973. The average Bonchev–Trinajstić information content (AvgIpc) is 2.19. The number of hydrogen-bond acceptors (Lipinski definition) is 2. The van der Waals surface area contributed by atoms with Crippen LogP contribution in [0.25, 0.3) is 0 Å². The molecule has 0 N–H and O–H groups in total. The van der Waals surface area contributed by atoms with Crippen molar-refractivity contribution in [3.8, 4) is 0 Å². The largest absolute Gasteiger partial charge is 0.420 e. The van der Waals surface area contributed by atoms with Gasteiger partial charge in [-0.2, -0.15) is 0 Å². The van der Waals surface area contributed by atoms with E-state index in [1.165, 1.54) is 18.1 Å². The highest BCUT2D eigenvalue weighted by Crippen LogP contribution is 2.16. The smallest absolute Gasteiger partial charge is 0.177 e. The molecular weight excluding hydrogens is 232 g/mol. The Bertz CT molecular complexity index is 169. The third-order valence-electron chi connectivity index (χ3n) is 2.48. The van der Waals surface area contributed by atoms with Gasteiger partial charge in [-0.3, -0.25) is 0 Å². The Morgan fingerprint density at radius 3 is 2.12 bits per heavy atom. The fourth-order valence-corrected chi connectivity index (χ4v) is 7.53. The Balaban J connectivity index is 3.78. The highest BCUT2D eigenvalue weighted by atomic mass is 28.3. The topological polar surface area (TPSA) is 18.5 Å². The maximum Gasteiger partial charge on any atom is 0.177 e. The maximum absolute atomic E-state index is 6.15. The van der Waals surface area contributed by atoms with Gasteiger partial charge >= 0.3 is 0 Å². The minimum Gasteiger partial charge on any atom is -0.420 e. The van der Waals surface area contributed by atoms with Crippen LogP contribution in [0.4, 0.5) is 0 Å². The third kappa shape index (κ3) is 9.57. The molecule has 0 radical (unpaired) electrons. The number of hydrogen-bond donors (Lipinski definition) is 0. The van der Waals surface area contributed by atoms with Crippen LogP contribution in [0.15, 0.2) is 0 Å². The summed E-state index contributed by atoms with van der Waals surface area (Å²) >= 11 is 0. The Morgan fingerprint density at radius 2 is 1.69 bits per heavy atom. The summed E-state index contributed by atoms with van der Waals surface area (Å²) in [5.41, 5.74) is 0.0436. The van der Waals surface area contributed by atoms with Crippen molar-refractivity contribution in [3.63, 3.8) is 0 Å². The van der Waals surface area contributed by atoms with Gasteiger partial charge < -0.3 is 8.85 Å². The van der Waals surface area contributed by atoms with E-state index in [4.69, 9.17) is 8.85 Å². The molecule has 0 heterocycles. The van der Waals surface area contributed by atoms with Gasteiger partial charge in [0.2, 0.25) is 0 Å². The molecule has 2 atom stereocenters. The summed E-state index contributed by atoms with van der Waals surface area (Å²) in [5.74, 6) is 0. The first-order chi connectivity index (χ1) is 7.39. The Hall–Kier alpha value is 0.354. The molecule has 0 aliphatic carbocycles. The van der Waals surface area contributed by atoms with Gasteiger partial charge in [0.05, 0.1) is 0 Å². The van der Waals surface area contributed by atoms with Gasteiger partial charge in [-0.15, -0.1) is 0 Å². The van der Waals surface area contributed by atoms with Gasteiger partial charge in [0, 0.05) is 12.2 Å². The molecule has 0 rings (SSSR count). The molecule has 0 aromatic carbocycles. The van der Waals surface area contributed by atoms with E-state index in [-0.39, 0.29) is 5.60 Å². The highest BCUT2D eigenvalue weighted by Gasteiger charge is 2.19. The highest BCUT2D eigenvalue weighted by molar-refractivity contribution is 6.57. The molecular formula is C12H30O2Si2. The van der Waals surface area contributed by atoms with Crippen molar-refractivity contribution in [3.05, 3.63) is 0 Å². The van der Waals surface area contributed by atoms with Crippen LogP contribution in [0.1, 0.15) is 41.0 Å². The molecule has 2 nitrogen and oxygen atoms in total. The van der Waals surface area contributed by atoms with Crippen LogP contribution in [0.5, 0.6) is 0 Å². The lowest BCUT2D eigenvalue weighted by molar-refractivity contribution is 0.128. The lowest BCUT2D eigenvalue weighted by Crippen LogP contribution is -2.31. The first kappa shape index (κ1) is 16.4. The molecule has 16 heavy (non-hydrogen) atoms. The Kier molecular flexibility index (Phi) is 8.63. The predicted molar refractivity (Wildman–Crippen MR) is 77.3 cm³/mol. The molecule has 0 aliphatic rings. The van der Waals surface area contributed by atoms with Crippen LogP contribution < -0.4 is 0 Å². The first-order valence-corrected chi connectivity index (χ1v) is 11.2. The van der Waals surface area contributed by atoms with Gasteiger partial charge in [-0.1, -0.05) is 13.8 Å². The molecule has 0 aromatic heterocycles. The molecule has 0 bridgehead atoms. The third-order valence-corrected chi connectivity index (χ3v) is 8.02. The molecule has 0 saturated heterocycles. The fraction of sp³-hybridized carbons (Fsp3) is 1.00. The van der Waals surface area contributed by atoms with Crippen LogP contribution in [0.3, 0.4) is 0 Å². The summed E-state index contributed by atoms with van der Waals surface area (Å²) in [5, 5.41) is 0. The maximum atomic E-state index is 6.15. The van der Waals surface area contributed by atoms with Crippen LogP contribution in [0, 0.1) is 0 Å². The summed E-state index contributed by atoms with van der Waals surface area (Å²) in [4.78, 5) is 0. The van der Waals surface area contributed by atoms with Crippen LogP contribution in [-0.2, 0) is 8.85 Å². The second-order valence-corrected chi connectivity index (χ2v) is 10.9. The molecule has 2 unspecified atom stereocenters. The zero-order valence-electron chi connectivity index (χ0n) is 12.0. The van der Waals surface area contributed by atoms with Gasteiger partial charge in [0.1, 0.15) is 0 Å². The minimum absolute atomic E-state index is 0.0436. The van der Waals surface area contributed by atoms with E-state index in [1.54, 1.807) is 0 Å². The first-order valence-electron chi connectivity index (χ1n) is 6.68. The normalized spacial score (nSPS) is 16.1. The van der Waals surface area contributed by atoms with E-state index < -0.39 is 18.1 Å². The van der Waals surface area contributed by atoms with E-state index in [1.807, 2.05) is 0 Å². The molecule has 0 amide bonds. The van der Waals surface area contributed by atoms with Crippen LogP contribution in [0.2, 0.25) is 24.7 Å². The monoisotopic (exact) mass is 262 g/mol. The summed E-state index contributed by atoms with van der Waals surface area (Å²) in [6.45, 7) is 14.2. The average molecular weight is 263 g/mol. The van der Waals surface area contributed by atoms with Crippen molar-refractivity contribution in [2.75, 3.05) is 6.61 Å². The van der Waals surface area contributed by atoms with Gasteiger partial charge in [0.25, 0.3) is 0 Å². The molecule has 0 saturated carbocycles. The van der Waals surface area contributed by atoms with Crippen LogP contribution in [-0.4, -0.2) is 30.3 Å². The fourth-order valence-electron chi connectivity index (χ4n) is 1.67. The van der Waals surface area contributed by atoms with Crippen molar-refractivity contribution in [1.82, 2.24) is 0 Å². The van der Waals surface area contributed by atoms with Crippen molar-refractivity contribution in [1.29, 1.82) is 0 Å². The van der Waals surface area contributed by atoms with E-state index in [9.17, 15) is 0 Å². The van der Waals surface area contributed by atoms with Crippen molar-refractivity contribution in [2.45, 2.75) is 71.3 Å². The second kappa shape index (κ2) is 8.45. The summed E-state index contributed by atoms with van der Waals surface area (Å²) in [6, 6.07) is 3.83.